The van der Waals surface area contributed by atoms with Crippen molar-refractivity contribution >= 4 is 0 Å². The summed E-state index contributed by atoms with van der Waals surface area (Å²) < 4.78 is 7.20. The molecule has 2 unspecified atom stereocenters. The molecule has 0 radical (unpaired) electrons. The minimum Gasteiger partial charge on any atom is -0.383 e. The highest BCUT2D eigenvalue weighted by atomic mass is 16.5. The van der Waals surface area contributed by atoms with Crippen LogP contribution >= 0.6 is 0 Å². The molecule has 1 aromatic heterocycles. The lowest BCUT2D eigenvalue weighted by molar-refractivity contribution is 0.198. The van der Waals surface area contributed by atoms with Crippen LogP contribution in [0.15, 0.2) is 12.3 Å². The summed E-state index contributed by atoms with van der Waals surface area (Å²) in [6, 6.07) is 2.72. The lowest BCUT2D eigenvalue weighted by Gasteiger charge is -2.31. The average molecular weight is 265 g/mol. The topological polar surface area (TPSA) is 39.1 Å². The molecule has 1 aromatic rings. The quantitative estimate of drug-likeness (QED) is 0.804. The standard InChI is InChI=1S/C15H27N3O/c1-12-8-13(2)10-15(9-12)18-6-4-14(17-18)11-16-5-7-19-3/h4,6,12-13,15-16H,5,7-11H2,1-3H3. The normalized spacial score (nSPS) is 27.6. The summed E-state index contributed by atoms with van der Waals surface area (Å²) in [6.45, 7) is 7.17. The van der Waals surface area contributed by atoms with E-state index in [0.29, 0.717) is 6.04 Å². The molecule has 1 fully saturated rings. The van der Waals surface area contributed by atoms with E-state index < -0.39 is 0 Å². The van der Waals surface area contributed by atoms with Gasteiger partial charge in [-0.05, 0) is 37.2 Å². The maximum atomic E-state index is 5.02. The highest BCUT2D eigenvalue weighted by Gasteiger charge is 2.25. The molecule has 0 amide bonds. The molecule has 108 valence electrons. The molecule has 0 spiro atoms. The van der Waals surface area contributed by atoms with E-state index in [-0.39, 0.29) is 0 Å². The summed E-state index contributed by atoms with van der Waals surface area (Å²) in [5.74, 6) is 1.64. The van der Waals surface area contributed by atoms with Crippen molar-refractivity contribution < 1.29 is 4.74 Å². The first kappa shape index (κ1) is 14.5. The predicted octanol–water partition coefficient (Wildman–Crippen LogP) is 2.62. The summed E-state index contributed by atoms with van der Waals surface area (Å²) >= 11 is 0. The summed E-state index contributed by atoms with van der Waals surface area (Å²) in [5.41, 5.74) is 1.13. The Morgan fingerprint density at radius 2 is 2.05 bits per heavy atom. The number of hydrogen-bond donors (Lipinski definition) is 1. The maximum absolute atomic E-state index is 5.02. The first-order chi connectivity index (χ1) is 9.19. The predicted molar refractivity (Wildman–Crippen MR) is 77.0 cm³/mol. The molecule has 2 atom stereocenters. The zero-order chi connectivity index (χ0) is 13.7. The Morgan fingerprint density at radius 3 is 2.74 bits per heavy atom. The van der Waals surface area contributed by atoms with E-state index >= 15 is 0 Å². The van der Waals surface area contributed by atoms with Crippen LogP contribution in [0.1, 0.15) is 44.8 Å². The molecule has 0 aromatic carbocycles. The lowest BCUT2D eigenvalue weighted by Crippen LogP contribution is -2.23. The first-order valence-electron chi connectivity index (χ1n) is 7.42. The van der Waals surface area contributed by atoms with Gasteiger partial charge in [0.25, 0.3) is 0 Å². The smallest absolute Gasteiger partial charge is 0.0762 e. The second-order valence-electron chi connectivity index (χ2n) is 6.03. The highest BCUT2D eigenvalue weighted by molar-refractivity contribution is 5.00. The van der Waals surface area contributed by atoms with Gasteiger partial charge in [-0.15, -0.1) is 0 Å². The van der Waals surface area contributed by atoms with Gasteiger partial charge in [-0.3, -0.25) is 4.68 Å². The van der Waals surface area contributed by atoms with Gasteiger partial charge in [0.1, 0.15) is 0 Å². The Morgan fingerprint density at radius 1 is 1.32 bits per heavy atom. The van der Waals surface area contributed by atoms with E-state index in [9.17, 15) is 0 Å². The lowest BCUT2D eigenvalue weighted by atomic mass is 9.80. The Balaban J connectivity index is 1.85. The van der Waals surface area contributed by atoms with Crippen LogP contribution in [0.4, 0.5) is 0 Å². The molecule has 1 aliphatic carbocycles. The minimum atomic E-state index is 0.589. The third kappa shape index (κ3) is 4.32. The van der Waals surface area contributed by atoms with Crippen molar-refractivity contribution in [3.63, 3.8) is 0 Å². The molecule has 0 aliphatic heterocycles. The largest absolute Gasteiger partial charge is 0.383 e. The number of nitrogens with one attached hydrogen (secondary N) is 1. The molecule has 1 heterocycles. The Labute approximate surface area is 116 Å². The molecule has 0 bridgehead atoms. The Kier molecular flexibility index (Phi) is 5.40. The Hall–Kier alpha value is -0.870. The van der Waals surface area contributed by atoms with Gasteiger partial charge in [0.2, 0.25) is 0 Å². The number of ether oxygens (including phenoxy) is 1. The monoisotopic (exact) mass is 265 g/mol. The van der Waals surface area contributed by atoms with Crippen molar-refractivity contribution in [2.24, 2.45) is 11.8 Å². The second-order valence-corrected chi connectivity index (χ2v) is 6.03. The number of aromatic nitrogens is 2. The van der Waals surface area contributed by atoms with Crippen molar-refractivity contribution in [1.82, 2.24) is 15.1 Å². The van der Waals surface area contributed by atoms with Crippen LogP contribution in [0.3, 0.4) is 0 Å². The fraction of sp³-hybridized carbons (Fsp3) is 0.800. The van der Waals surface area contributed by atoms with Crippen LogP contribution in [0.5, 0.6) is 0 Å². The van der Waals surface area contributed by atoms with Crippen molar-refractivity contribution in [2.75, 3.05) is 20.3 Å². The fourth-order valence-corrected chi connectivity index (χ4v) is 3.19. The second kappa shape index (κ2) is 7.06. The Bertz CT molecular complexity index is 367. The molecular weight excluding hydrogens is 238 g/mol. The zero-order valence-corrected chi connectivity index (χ0v) is 12.4. The van der Waals surface area contributed by atoms with Crippen molar-refractivity contribution in [3.8, 4) is 0 Å². The molecule has 1 aliphatic rings. The van der Waals surface area contributed by atoms with E-state index in [1.807, 2.05) is 0 Å². The first-order valence-corrected chi connectivity index (χ1v) is 7.42. The number of nitrogens with zero attached hydrogens (tertiary/aromatic N) is 2. The molecular formula is C15H27N3O. The van der Waals surface area contributed by atoms with Crippen molar-refractivity contribution in [1.29, 1.82) is 0 Å². The third-order valence-corrected chi connectivity index (χ3v) is 3.98. The van der Waals surface area contributed by atoms with E-state index in [1.54, 1.807) is 7.11 Å². The van der Waals surface area contributed by atoms with Gasteiger partial charge < -0.3 is 10.1 Å². The van der Waals surface area contributed by atoms with Gasteiger partial charge in [0, 0.05) is 26.4 Å². The van der Waals surface area contributed by atoms with Gasteiger partial charge in [-0.1, -0.05) is 13.8 Å². The number of rotatable bonds is 6. The molecule has 4 heteroatoms. The van der Waals surface area contributed by atoms with Gasteiger partial charge >= 0.3 is 0 Å². The fourth-order valence-electron chi connectivity index (χ4n) is 3.19. The number of hydrogen-bond acceptors (Lipinski definition) is 3. The summed E-state index contributed by atoms with van der Waals surface area (Å²) in [4.78, 5) is 0. The van der Waals surface area contributed by atoms with Crippen LogP contribution < -0.4 is 5.32 Å². The zero-order valence-electron chi connectivity index (χ0n) is 12.4. The summed E-state index contributed by atoms with van der Waals surface area (Å²) in [7, 11) is 1.72. The van der Waals surface area contributed by atoms with E-state index in [4.69, 9.17) is 9.84 Å². The van der Waals surface area contributed by atoms with Crippen LogP contribution in [0.2, 0.25) is 0 Å². The molecule has 1 saturated carbocycles. The highest BCUT2D eigenvalue weighted by Crippen LogP contribution is 2.35. The van der Waals surface area contributed by atoms with Crippen LogP contribution in [-0.2, 0) is 11.3 Å². The summed E-state index contributed by atoms with van der Waals surface area (Å²) in [6.07, 6.45) is 6.04. The average Bonchev–Trinajstić information content (AvgIpc) is 2.82. The molecule has 19 heavy (non-hydrogen) atoms. The van der Waals surface area contributed by atoms with Crippen molar-refractivity contribution in [2.45, 2.75) is 45.7 Å². The van der Waals surface area contributed by atoms with Gasteiger partial charge in [-0.2, -0.15) is 5.10 Å². The van der Waals surface area contributed by atoms with Crippen LogP contribution in [0.25, 0.3) is 0 Å². The van der Waals surface area contributed by atoms with Gasteiger partial charge in [0.05, 0.1) is 18.3 Å². The van der Waals surface area contributed by atoms with Crippen LogP contribution in [0, 0.1) is 11.8 Å². The van der Waals surface area contributed by atoms with Gasteiger partial charge in [-0.25, -0.2) is 0 Å². The minimum absolute atomic E-state index is 0.589. The molecule has 0 saturated heterocycles. The molecule has 1 N–H and O–H groups in total. The van der Waals surface area contributed by atoms with E-state index in [2.05, 4.69) is 36.1 Å². The van der Waals surface area contributed by atoms with Crippen molar-refractivity contribution in [3.05, 3.63) is 18.0 Å². The molecule has 2 rings (SSSR count). The SMILES string of the molecule is COCCNCc1ccn(C2CC(C)CC(C)C2)n1. The summed E-state index contributed by atoms with van der Waals surface area (Å²) in [5, 5.41) is 8.05. The third-order valence-electron chi connectivity index (χ3n) is 3.98. The van der Waals surface area contributed by atoms with Crippen LogP contribution in [-0.4, -0.2) is 30.0 Å². The number of methoxy groups -OCH3 is 1. The van der Waals surface area contributed by atoms with E-state index in [1.165, 1.54) is 19.3 Å². The maximum Gasteiger partial charge on any atom is 0.0762 e. The van der Waals surface area contributed by atoms with E-state index in [0.717, 1.165) is 37.2 Å². The van der Waals surface area contributed by atoms with Gasteiger partial charge in [0.15, 0.2) is 0 Å². The molecule has 4 nitrogen and oxygen atoms in total.